The lowest BCUT2D eigenvalue weighted by molar-refractivity contribution is 0.204. The molecule has 0 N–H and O–H groups in total. The zero-order valence-electron chi connectivity index (χ0n) is 14.8. The Balaban J connectivity index is 1.60. The van der Waals surface area contributed by atoms with Gasteiger partial charge in [-0.25, -0.2) is 8.42 Å². The van der Waals surface area contributed by atoms with Crippen molar-refractivity contribution in [3.8, 4) is 6.07 Å². The van der Waals surface area contributed by atoms with Crippen LogP contribution < -0.4 is 0 Å². The second-order valence-corrected chi connectivity index (χ2v) is 8.62. The summed E-state index contributed by atoms with van der Waals surface area (Å²) in [5.41, 5.74) is 1.32. The summed E-state index contributed by atoms with van der Waals surface area (Å²) < 4.78 is 27.1. The van der Waals surface area contributed by atoms with E-state index in [4.69, 9.17) is 16.9 Å². The second kappa shape index (κ2) is 8.68. The molecule has 1 aliphatic rings. The van der Waals surface area contributed by atoms with Crippen molar-refractivity contribution in [3.63, 3.8) is 0 Å². The number of sulfonamides is 1. The fourth-order valence-corrected chi connectivity index (χ4v) is 4.56. The van der Waals surface area contributed by atoms with E-state index < -0.39 is 10.0 Å². The normalized spacial score (nSPS) is 16.4. The first kappa shape index (κ1) is 19.6. The van der Waals surface area contributed by atoms with Gasteiger partial charge < -0.3 is 0 Å². The lowest BCUT2D eigenvalue weighted by atomic mass is 10.2. The molecule has 0 spiro atoms. The van der Waals surface area contributed by atoms with Crippen LogP contribution in [0.5, 0.6) is 0 Å². The van der Waals surface area contributed by atoms with E-state index in [0.717, 1.165) is 12.1 Å². The van der Waals surface area contributed by atoms with E-state index in [2.05, 4.69) is 17.1 Å². The molecule has 2 aromatic carbocycles. The highest BCUT2D eigenvalue weighted by molar-refractivity contribution is 7.89. The SMILES string of the molecule is N#Cc1cc(S(=O)(=O)N2CCN(C/C=C/c3ccccc3)CC2)ccc1Cl. The molecule has 0 amide bonds. The molecule has 1 heterocycles. The molecule has 0 saturated carbocycles. The highest BCUT2D eigenvalue weighted by Gasteiger charge is 2.28. The predicted octanol–water partition coefficient (Wildman–Crippen LogP) is 3.23. The molecule has 0 unspecified atom stereocenters. The molecule has 7 heteroatoms. The average Bonchev–Trinajstić information content (AvgIpc) is 2.69. The van der Waals surface area contributed by atoms with Gasteiger partial charge in [-0.05, 0) is 23.8 Å². The Morgan fingerprint density at radius 3 is 2.44 bits per heavy atom. The minimum absolute atomic E-state index is 0.112. The molecule has 0 radical (unpaired) electrons. The van der Waals surface area contributed by atoms with Crippen LogP contribution in [0.4, 0.5) is 0 Å². The van der Waals surface area contributed by atoms with Crippen LogP contribution >= 0.6 is 11.6 Å². The Kier molecular flexibility index (Phi) is 6.30. The zero-order valence-corrected chi connectivity index (χ0v) is 16.3. The van der Waals surface area contributed by atoms with Crippen molar-refractivity contribution in [2.24, 2.45) is 0 Å². The van der Waals surface area contributed by atoms with Crippen LogP contribution in [0.15, 0.2) is 59.5 Å². The summed E-state index contributed by atoms with van der Waals surface area (Å²) in [5, 5.41) is 9.32. The van der Waals surface area contributed by atoms with E-state index in [1.807, 2.05) is 36.4 Å². The number of rotatable bonds is 5. The minimum Gasteiger partial charge on any atom is -0.297 e. The van der Waals surface area contributed by atoms with Gasteiger partial charge in [0.2, 0.25) is 10.0 Å². The fraction of sp³-hybridized carbons (Fsp3) is 0.250. The van der Waals surface area contributed by atoms with Gasteiger partial charge in [-0.2, -0.15) is 9.57 Å². The second-order valence-electron chi connectivity index (χ2n) is 6.27. The molecule has 1 saturated heterocycles. The summed E-state index contributed by atoms with van der Waals surface area (Å²) in [6.45, 7) is 2.95. The molecule has 0 atom stereocenters. The van der Waals surface area contributed by atoms with E-state index in [-0.39, 0.29) is 15.5 Å². The van der Waals surface area contributed by atoms with E-state index in [0.29, 0.717) is 26.2 Å². The molecule has 0 bridgehead atoms. The largest absolute Gasteiger partial charge is 0.297 e. The highest BCUT2D eigenvalue weighted by Crippen LogP contribution is 2.23. The quantitative estimate of drug-likeness (QED) is 0.771. The van der Waals surface area contributed by atoms with Gasteiger partial charge in [0.1, 0.15) is 6.07 Å². The predicted molar refractivity (Wildman–Crippen MR) is 107 cm³/mol. The Labute approximate surface area is 165 Å². The maximum Gasteiger partial charge on any atom is 0.243 e. The van der Waals surface area contributed by atoms with Crippen molar-refractivity contribution in [3.05, 3.63) is 70.8 Å². The summed E-state index contributed by atoms with van der Waals surface area (Å²) >= 11 is 5.90. The lowest BCUT2D eigenvalue weighted by Crippen LogP contribution is -2.48. The molecular formula is C20H20ClN3O2S. The van der Waals surface area contributed by atoms with Crippen molar-refractivity contribution < 1.29 is 8.42 Å². The lowest BCUT2D eigenvalue weighted by Gasteiger charge is -2.33. The number of benzene rings is 2. The first-order valence-electron chi connectivity index (χ1n) is 8.64. The van der Waals surface area contributed by atoms with Crippen molar-refractivity contribution in [2.45, 2.75) is 4.90 Å². The van der Waals surface area contributed by atoms with Crippen LogP contribution in [-0.4, -0.2) is 50.3 Å². The van der Waals surface area contributed by atoms with Gasteiger partial charge >= 0.3 is 0 Å². The molecule has 3 rings (SSSR count). The Morgan fingerprint density at radius 2 is 1.78 bits per heavy atom. The monoisotopic (exact) mass is 401 g/mol. The number of hydrogen-bond acceptors (Lipinski definition) is 4. The van der Waals surface area contributed by atoms with Gasteiger partial charge in [0, 0.05) is 32.7 Å². The smallest absolute Gasteiger partial charge is 0.243 e. The molecule has 27 heavy (non-hydrogen) atoms. The van der Waals surface area contributed by atoms with Crippen molar-refractivity contribution in [1.82, 2.24) is 9.21 Å². The molecule has 1 aliphatic heterocycles. The zero-order chi connectivity index (χ0) is 19.3. The van der Waals surface area contributed by atoms with E-state index in [1.54, 1.807) is 0 Å². The van der Waals surface area contributed by atoms with Gasteiger partial charge in [-0.3, -0.25) is 4.90 Å². The number of nitriles is 1. The third-order valence-electron chi connectivity index (χ3n) is 4.50. The van der Waals surface area contributed by atoms with Crippen LogP contribution in [0.3, 0.4) is 0 Å². The maximum atomic E-state index is 12.8. The molecule has 0 aromatic heterocycles. The molecular weight excluding hydrogens is 382 g/mol. The summed E-state index contributed by atoms with van der Waals surface area (Å²) in [5.74, 6) is 0. The van der Waals surface area contributed by atoms with Gasteiger partial charge in [0.05, 0.1) is 15.5 Å². The number of nitrogens with zero attached hydrogens (tertiary/aromatic N) is 3. The summed E-state index contributed by atoms with van der Waals surface area (Å²) in [6.07, 6.45) is 4.16. The molecule has 1 fully saturated rings. The van der Waals surface area contributed by atoms with Crippen LogP contribution in [0.25, 0.3) is 6.08 Å². The van der Waals surface area contributed by atoms with Crippen LogP contribution in [-0.2, 0) is 10.0 Å². The maximum absolute atomic E-state index is 12.8. The van der Waals surface area contributed by atoms with E-state index >= 15 is 0 Å². The summed E-state index contributed by atoms with van der Waals surface area (Å²) in [6, 6.07) is 16.2. The Bertz CT molecular complexity index is 960. The van der Waals surface area contributed by atoms with Crippen molar-refractivity contribution in [2.75, 3.05) is 32.7 Å². The third kappa shape index (κ3) is 4.76. The number of piperazine rings is 1. The first-order valence-corrected chi connectivity index (χ1v) is 10.5. The summed E-state index contributed by atoms with van der Waals surface area (Å²) in [4.78, 5) is 2.33. The van der Waals surface area contributed by atoms with Crippen molar-refractivity contribution in [1.29, 1.82) is 5.26 Å². The highest BCUT2D eigenvalue weighted by atomic mass is 35.5. The van der Waals surface area contributed by atoms with Crippen LogP contribution in [0.1, 0.15) is 11.1 Å². The standard InChI is InChI=1S/C20H20ClN3O2S/c21-20-9-8-19(15-18(20)16-22)27(25,26)24-13-11-23(12-14-24)10-4-7-17-5-2-1-3-6-17/h1-9,15H,10-14H2/b7-4+. The Hall–Kier alpha value is -2.17. The molecule has 2 aromatic rings. The van der Waals surface area contributed by atoms with E-state index in [9.17, 15) is 8.42 Å². The van der Waals surface area contributed by atoms with E-state index in [1.165, 1.54) is 22.5 Å². The van der Waals surface area contributed by atoms with Crippen molar-refractivity contribution >= 4 is 27.7 Å². The Morgan fingerprint density at radius 1 is 1.07 bits per heavy atom. The third-order valence-corrected chi connectivity index (χ3v) is 6.73. The first-order chi connectivity index (χ1) is 13.0. The van der Waals surface area contributed by atoms with Crippen LogP contribution in [0, 0.1) is 11.3 Å². The number of hydrogen-bond donors (Lipinski definition) is 0. The molecule has 140 valence electrons. The number of halogens is 1. The molecule has 0 aliphatic carbocycles. The van der Waals surface area contributed by atoms with Gasteiger partial charge in [-0.15, -0.1) is 0 Å². The molecule has 5 nitrogen and oxygen atoms in total. The fourth-order valence-electron chi connectivity index (χ4n) is 2.95. The summed E-state index contributed by atoms with van der Waals surface area (Å²) in [7, 11) is -3.62. The van der Waals surface area contributed by atoms with Gasteiger partial charge in [-0.1, -0.05) is 54.1 Å². The topological polar surface area (TPSA) is 64.4 Å². The van der Waals surface area contributed by atoms with Crippen LogP contribution in [0.2, 0.25) is 5.02 Å². The minimum atomic E-state index is -3.62. The van der Waals surface area contributed by atoms with Gasteiger partial charge in [0.25, 0.3) is 0 Å². The van der Waals surface area contributed by atoms with Gasteiger partial charge in [0.15, 0.2) is 0 Å². The average molecular weight is 402 g/mol.